The van der Waals surface area contributed by atoms with Gasteiger partial charge in [0.05, 0.1) is 11.7 Å². The lowest BCUT2D eigenvalue weighted by molar-refractivity contribution is -0.158. The molecule has 36 heavy (non-hydrogen) atoms. The van der Waals surface area contributed by atoms with Crippen molar-refractivity contribution in [1.82, 2.24) is 0 Å². The Morgan fingerprint density at radius 3 is 2.42 bits per heavy atom. The standard InChI is InChI=1S/C31H48O5/c1-5-6-7-8-9-10-11-12-13-27(34)36-26-20-29(2)21(18-24(26)32)14-15-22-23-16-17-31(4,35)30(23,3)19-25(33)28(22)29/h18,20,22-23,25,28,33,35H,5-17,19H2,1-4H3/t22?,23?,25?,28?,29-,30-,31-/m0/s1. The van der Waals surface area contributed by atoms with Gasteiger partial charge in [-0.05, 0) is 69.4 Å². The average Bonchev–Trinajstić information content (AvgIpc) is 3.04. The fraction of sp³-hybridized carbons (Fsp3) is 0.806. The molecule has 2 N–H and O–H groups in total. The Kier molecular flexibility index (Phi) is 8.22. The normalized spacial score (nSPS) is 39.6. The number of allylic oxidation sites excluding steroid dienone is 3. The Bertz CT molecular complexity index is 901. The molecule has 5 heteroatoms. The third-order valence-electron chi connectivity index (χ3n) is 10.6. The Morgan fingerprint density at radius 2 is 1.72 bits per heavy atom. The predicted molar refractivity (Wildman–Crippen MR) is 141 cm³/mol. The van der Waals surface area contributed by atoms with E-state index in [9.17, 15) is 19.8 Å². The van der Waals surface area contributed by atoms with Crippen molar-refractivity contribution in [3.05, 3.63) is 23.5 Å². The molecule has 0 saturated heterocycles. The minimum absolute atomic E-state index is 0.0426. The fourth-order valence-corrected chi connectivity index (χ4v) is 8.27. The fourth-order valence-electron chi connectivity index (χ4n) is 8.27. The van der Waals surface area contributed by atoms with Gasteiger partial charge in [-0.1, -0.05) is 71.3 Å². The van der Waals surface area contributed by atoms with E-state index in [0.717, 1.165) is 50.5 Å². The molecule has 0 aromatic rings. The van der Waals surface area contributed by atoms with Crippen LogP contribution in [0.1, 0.15) is 118 Å². The van der Waals surface area contributed by atoms with Crippen molar-refractivity contribution >= 4 is 11.8 Å². The summed E-state index contributed by atoms with van der Waals surface area (Å²) in [6.45, 7) is 8.40. The first-order valence-corrected chi connectivity index (χ1v) is 14.6. The molecule has 0 spiro atoms. The number of aliphatic hydroxyl groups is 2. The summed E-state index contributed by atoms with van der Waals surface area (Å²) in [7, 11) is 0. The molecule has 0 aromatic heterocycles. The van der Waals surface area contributed by atoms with E-state index in [1.165, 1.54) is 32.1 Å². The van der Waals surface area contributed by atoms with Crippen LogP contribution in [0.3, 0.4) is 0 Å². The van der Waals surface area contributed by atoms with Crippen molar-refractivity contribution in [1.29, 1.82) is 0 Å². The van der Waals surface area contributed by atoms with Crippen LogP contribution in [0.4, 0.5) is 0 Å². The number of ether oxygens (including phenoxy) is 1. The SMILES string of the molecule is CCCCCCCCCCC(=O)OC1=C[C@@]2(C)C(=CC1=O)CCC1C2C(O)C[C@@]2(C)C1CC[C@]2(C)O. The van der Waals surface area contributed by atoms with E-state index >= 15 is 0 Å². The van der Waals surface area contributed by atoms with E-state index in [2.05, 4.69) is 20.8 Å². The Balaban J connectivity index is 1.41. The van der Waals surface area contributed by atoms with Crippen LogP contribution < -0.4 is 0 Å². The minimum atomic E-state index is -0.769. The lowest BCUT2D eigenvalue weighted by Gasteiger charge is -2.59. The number of hydrogen-bond acceptors (Lipinski definition) is 5. The molecule has 202 valence electrons. The van der Waals surface area contributed by atoms with Gasteiger partial charge in [0, 0.05) is 23.2 Å². The van der Waals surface area contributed by atoms with Gasteiger partial charge in [0.1, 0.15) is 0 Å². The third-order valence-corrected chi connectivity index (χ3v) is 10.6. The van der Waals surface area contributed by atoms with Gasteiger partial charge in [0.2, 0.25) is 5.78 Å². The van der Waals surface area contributed by atoms with Gasteiger partial charge in [-0.15, -0.1) is 0 Å². The number of rotatable bonds is 10. The molecule has 3 saturated carbocycles. The molecule has 0 aromatic carbocycles. The van der Waals surface area contributed by atoms with E-state index in [4.69, 9.17) is 4.74 Å². The highest BCUT2D eigenvalue weighted by Crippen LogP contribution is 2.67. The monoisotopic (exact) mass is 500 g/mol. The predicted octanol–water partition coefficient (Wildman–Crippen LogP) is 6.42. The summed E-state index contributed by atoms with van der Waals surface area (Å²) in [4.78, 5) is 25.5. The highest BCUT2D eigenvalue weighted by molar-refractivity contribution is 6.05. The van der Waals surface area contributed by atoms with E-state index in [1.54, 1.807) is 6.08 Å². The smallest absolute Gasteiger partial charge is 0.311 e. The van der Waals surface area contributed by atoms with Crippen LogP contribution in [-0.4, -0.2) is 33.7 Å². The molecule has 5 nitrogen and oxygen atoms in total. The molecule has 0 bridgehead atoms. The lowest BCUT2D eigenvalue weighted by Crippen LogP contribution is -2.58. The Labute approximate surface area is 217 Å². The second kappa shape index (κ2) is 10.7. The summed E-state index contributed by atoms with van der Waals surface area (Å²) in [5.41, 5.74) is -0.538. The van der Waals surface area contributed by atoms with Crippen molar-refractivity contribution in [2.24, 2.45) is 28.6 Å². The number of carbonyl (C=O) groups is 2. The van der Waals surface area contributed by atoms with Crippen LogP contribution in [-0.2, 0) is 14.3 Å². The molecule has 4 aliphatic rings. The zero-order valence-electron chi connectivity index (χ0n) is 23.0. The number of unbranched alkanes of at least 4 members (excludes halogenated alkanes) is 7. The third kappa shape index (κ3) is 4.99. The van der Waals surface area contributed by atoms with Crippen molar-refractivity contribution in [2.45, 2.75) is 129 Å². The zero-order chi connectivity index (χ0) is 26.1. The molecule has 7 atom stereocenters. The van der Waals surface area contributed by atoms with Gasteiger partial charge in [0.15, 0.2) is 5.76 Å². The second-order valence-corrected chi connectivity index (χ2v) is 12.9. The number of aliphatic hydroxyl groups excluding tert-OH is 1. The van der Waals surface area contributed by atoms with E-state index in [1.807, 2.05) is 13.0 Å². The van der Waals surface area contributed by atoms with Gasteiger partial charge < -0.3 is 14.9 Å². The molecule has 4 aliphatic carbocycles. The number of fused-ring (bicyclic) bond motifs is 5. The summed E-state index contributed by atoms with van der Waals surface area (Å²) in [6, 6.07) is 0. The summed E-state index contributed by atoms with van der Waals surface area (Å²) in [5.74, 6) is 0.137. The first kappa shape index (κ1) is 27.6. The van der Waals surface area contributed by atoms with Crippen LogP contribution in [0.2, 0.25) is 0 Å². The first-order chi connectivity index (χ1) is 17.0. The maximum Gasteiger partial charge on any atom is 0.311 e. The first-order valence-electron chi connectivity index (χ1n) is 14.6. The van der Waals surface area contributed by atoms with Gasteiger partial charge in [-0.2, -0.15) is 0 Å². The molecular formula is C31H48O5. The molecule has 0 heterocycles. The van der Waals surface area contributed by atoms with Crippen LogP contribution >= 0.6 is 0 Å². The van der Waals surface area contributed by atoms with Crippen molar-refractivity contribution < 1.29 is 24.5 Å². The maximum absolute atomic E-state index is 12.9. The number of carbonyl (C=O) groups excluding carboxylic acids is 2. The maximum atomic E-state index is 12.9. The van der Waals surface area contributed by atoms with Gasteiger partial charge in [0.25, 0.3) is 0 Å². The molecule has 0 aliphatic heterocycles. The second-order valence-electron chi connectivity index (χ2n) is 12.9. The van der Waals surface area contributed by atoms with Crippen LogP contribution in [0, 0.1) is 28.6 Å². The molecule has 3 fully saturated rings. The number of ketones is 1. The average molecular weight is 501 g/mol. The van der Waals surface area contributed by atoms with Gasteiger partial charge in [-0.25, -0.2) is 0 Å². The Morgan fingerprint density at radius 1 is 1.06 bits per heavy atom. The van der Waals surface area contributed by atoms with Gasteiger partial charge >= 0.3 is 5.97 Å². The summed E-state index contributed by atoms with van der Waals surface area (Å²) < 4.78 is 5.64. The minimum Gasteiger partial charge on any atom is -0.423 e. The largest absolute Gasteiger partial charge is 0.423 e. The van der Waals surface area contributed by atoms with E-state index in [0.29, 0.717) is 18.8 Å². The topological polar surface area (TPSA) is 83.8 Å². The van der Waals surface area contributed by atoms with Crippen molar-refractivity contribution in [2.75, 3.05) is 0 Å². The van der Waals surface area contributed by atoms with Crippen LogP contribution in [0.5, 0.6) is 0 Å². The van der Waals surface area contributed by atoms with Gasteiger partial charge in [-0.3, -0.25) is 9.59 Å². The van der Waals surface area contributed by atoms with Crippen LogP contribution in [0.15, 0.2) is 23.5 Å². The van der Waals surface area contributed by atoms with Crippen molar-refractivity contribution in [3.63, 3.8) is 0 Å². The molecule has 4 unspecified atom stereocenters. The van der Waals surface area contributed by atoms with E-state index in [-0.39, 0.29) is 34.8 Å². The Hall–Kier alpha value is -1.46. The molecule has 0 radical (unpaired) electrons. The van der Waals surface area contributed by atoms with Crippen molar-refractivity contribution in [3.8, 4) is 0 Å². The van der Waals surface area contributed by atoms with Crippen LogP contribution in [0.25, 0.3) is 0 Å². The highest BCUT2D eigenvalue weighted by Gasteiger charge is 2.65. The summed E-state index contributed by atoms with van der Waals surface area (Å²) in [6.07, 6.45) is 16.5. The zero-order valence-corrected chi connectivity index (χ0v) is 23.0. The van der Waals surface area contributed by atoms with E-state index < -0.39 is 17.1 Å². The molecular weight excluding hydrogens is 452 g/mol. The highest BCUT2D eigenvalue weighted by atomic mass is 16.5. The quantitative estimate of drug-likeness (QED) is 0.267. The molecule has 4 rings (SSSR count). The number of esters is 1. The summed E-state index contributed by atoms with van der Waals surface area (Å²) >= 11 is 0. The summed E-state index contributed by atoms with van der Waals surface area (Å²) in [5, 5.41) is 22.6. The molecule has 0 amide bonds. The number of hydrogen-bond donors (Lipinski definition) is 2. The lowest BCUT2D eigenvalue weighted by atomic mass is 9.46.